The number of nitrogens with one attached hydrogen (secondary N) is 1. The maximum atomic E-state index is 12.7. The van der Waals surface area contributed by atoms with E-state index in [-0.39, 0.29) is 30.2 Å². The van der Waals surface area contributed by atoms with E-state index < -0.39 is 0 Å². The summed E-state index contributed by atoms with van der Waals surface area (Å²) in [5.74, 6) is 0.991. The van der Waals surface area contributed by atoms with E-state index in [0.29, 0.717) is 13.2 Å². The summed E-state index contributed by atoms with van der Waals surface area (Å²) < 4.78 is 5.44. The van der Waals surface area contributed by atoms with Crippen molar-refractivity contribution in [2.45, 2.75) is 20.3 Å². The highest BCUT2D eigenvalue weighted by atomic mass is 35.5. The number of amides is 1. The van der Waals surface area contributed by atoms with Gasteiger partial charge in [-0.25, -0.2) is 0 Å². The second-order valence-corrected chi connectivity index (χ2v) is 6.19. The molecule has 0 aromatic heterocycles. The van der Waals surface area contributed by atoms with E-state index in [1.807, 2.05) is 42.5 Å². The molecule has 0 saturated carbocycles. The molecular weight excluding hydrogens is 336 g/mol. The number of anilines is 1. The van der Waals surface area contributed by atoms with Crippen LogP contribution >= 0.6 is 12.4 Å². The number of rotatable bonds is 8. The van der Waals surface area contributed by atoms with Gasteiger partial charge in [-0.1, -0.05) is 44.2 Å². The van der Waals surface area contributed by atoms with E-state index in [1.54, 1.807) is 0 Å². The van der Waals surface area contributed by atoms with Crippen LogP contribution in [0, 0.1) is 11.8 Å². The molecule has 0 aliphatic rings. The predicted octanol–water partition coefficient (Wildman–Crippen LogP) is 3.90. The lowest BCUT2D eigenvalue weighted by atomic mass is 9.88. The summed E-state index contributed by atoms with van der Waals surface area (Å²) in [7, 11) is 0. The minimum atomic E-state index is -0.0689. The number of halogens is 1. The van der Waals surface area contributed by atoms with Crippen LogP contribution in [0.3, 0.4) is 0 Å². The molecular formula is C20H27ClN2O2. The molecule has 2 aromatic rings. The Balaban J connectivity index is 0.00000312. The molecule has 0 bridgehead atoms. The van der Waals surface area contributed by atoms with Crippen molar-refractivity contribution in [3.8, 4) is 5.75 Å². The van der Waals surface area contributed by atoms with Gasteiger partial charge in [0.05, 0.1) is 0 Å². The zero-order chi connectivity index (χ0) is 17.4. The minimum Gasteiger partial charge on any atom is -0.492 e. The van der Waals surface area contributed by atoms with E-state index in [0.717, 1.165) is 17.9 Å². The first-order chi connectivity index (χ1) is 11.6. The molecule has 3 N–H and O–H groups in total. The van der Waals surface area contributed by atoms with Crippen molar-refractivity contribution in [2.75, 3.05) is 18.5 Å². The molecule has 1 atom stereocenters. The van der Waals surface area contributed by atoms with Gasteiger partial charge in [0.2, 0.25) is 5.91 Å². The van der Waals surface area contributed by atoms with Gasteiger partial charge in [-0.05, 0) is 42.2 Å². The second kappa shape index (κ2) is 10.7. The van der Waals surface area contributed by atoms with Gasteiger partial charge < -0.3 is 15.8 Å². The Labute approximate surface area is 156 Å². The summed E-state index contributed by atoms with van der Waals surface area (Å²) in [6.07, 6.45) is 0.738. The molecule has 1 amide bonds. The predicted molar refractivity (Wildman–Crippen MR) is 105 cm³/mol. The smallest absolute Gasteiger partial charge is 0.228 e. The average Bonchev–Trinajstić information content (AvgIpc) is 2.59. The first-order valence-corrected chi connectivity index (χ1v) is 8.38. The molecule has 25 heavy (non-hydrogen) atoms. The zero-order valence-corrected chi connectivity index (χ0v) is 15.6. The van der Waals surface area contributed by atoms with Gasteiger partial charge in [-0.2, -0.15) is 0 Å². The molecule has 1 unspecified atom stereocenters. The summed E-state index contributed by atoms with van der Waals surface area (Å²) in [5.41, 5.74) is 7.37. The molecule has 0 spiro atoms. The lowest BCUT2D eigenvalue weighted by Gasteiger charge is -2.20. The Morgan fingerprint density at radius 2 is 1.72 bits per heavy atom. The largest absolute Gasteiger partial charge is 0.492 e. The summed E-state index contributed by atoms with van der Waals surface area (Å²) in [5, 5.41) is 3.01. The molecule has 0 radical (unpaired) electrons. The zero-order valence-electron chi connectivity index (χ0n) is 14.8. The second-order valence-electron chi connectivity index (χ2n) is 6.19. The quantitative estimate of drug-likeness (QED) is 0.748. The van der Waals surface area contributed by atoms with Crippen molar-refractivity contribution in [1.29, 1.82) is 0 Å². The molecule has 5 heteroatoms. The van der Waals surface area contributed by atoms with Gasteiger partial charge >= 0.3 is 0 Å². The van der Waals surface area contributed by atoms with E-state index in [9.17, 15) is 4.79 Å². The summed E-state index contributed by atoms with van der Waals surface area (Å²) >= 11 is 0. The van der Waals surface area contributed by atoms with E-state index in [1.165, 1.54) is 5.56 Å². The summed E-state index contributed by atoms with van der Waals surface area (Å²) in [4.78, 5) is 12.7. The van der Waals surface area contributed by atoms with Crippen LogP contribution in [-0.2, 0) is 11.2 Å². The molecule has 4 nitrogen and oxygen atoms in total. The van der Waals surface area contributed by atoms with Crippen LogP contribution in [-0.4, -0.2) is 19.1 Å². The lowest BCUT2D eigenvalue weighted by Crippen LogP contribution is -2.28. The fraction of sp³-hybridized carbons (Fsp3) is 0.350. The van der Waals surface area contributed by atoms with Crippen molar-refractivity contribution in [1.82, 2.24) is 0 Å². The van der Waals surface area contributed by atoms with Crippen LogP contribution in [0.15, 0.2) is 54.6 Å². The lowest BCUT2D eigenvalue weighted by molar-refractivity contribution is -0.121. The van der Waals surface area contributed by atoms with Crippen LogP contribution in [0.1, 0.15) is 19.4 Å². The van der Waals surface area contributed by atoms with Crippen molar-refractivity contribution in [3.05, 3.63) is 60.2 Å². The molecule has 2 aromatic carbocycles. The van der Waals surface area contributed by atoms with Crippen LogP contribution in [0.4, 0.5) is 5.69 Å². The Bertz CT molecular complexity index is 630. The summed E-state index contributed by atoms with van der Waals surface area (Å²) in [6, 6.07) is 17.5. The van der Waals surface area contributed by atoms with Crippen molar-refractivity contribution in [2.24, 2.45) is 17.6 Å². The van der Waals surface area contributed by atoms with Gasteiger partial charge in [0.1, 0.15) is 12.4 Å². The number of carbonyl (C=O) groups excluding carboxylic acids is 1. The number of ether oxygens (including phenoxy) is 1. The molecule has 0 saturated heterocycles. The van der Waals surface area contributed by atoms with Crippen LogP contribution in [0.2, 0.25) is 0 Å². The molecule has 0 fully saturated rings. The maximum Gasteiger partial charge on any atom is 0.228 e. The third-order valence-corrected chi connectivity index (χ3v) is 3.95. The van der Waals surface area contributed by atoms with Gasteiger partial charge in [0.25, 0.3) is 0 Å². The maximum absolute atomic E-state index is 12.7. The molecule has 0 aliphatic carbocycles. The Morgan fingerprint density at radius 3 is 2.28 bits per heavy atom. The van der Waals surface area contributed by atoms with E-state index in [4.69, 9.17) is 10.5 Å². The Hall–Kier alpha value is -2.04. The van der Waals surface area contributed by atoms with E-state index >= 15 is 0 Å². The molecule has 0 heterocycles. The first-order valence-electron chi connectivity index (χ1n) is 8.38. The fourth-order valence-corrected chi connectivity index (χ4v) is 2.55. The SMILES string of the molecule is CC(C)C(Cc1ccccc1)C(=O)Nc1ccc(OCCN)cc1.Cl. The highest BCUT2D eigenvalue weighted by Crippen LogP contribution is 2.21. The van der Waals surface area contributed by atoms with E-state index in [2.05, 4.69) is 31.3 Å². The standard InChI is InChI=1S/C20H26N2O2.ClH/c1-15(2)19(14-16-6-4-3-5-7-16)20(23)22-17-8-10-18(11-9-17)24-13-12-21;/h3-11,15,19H,12-14,21H2,1-2H3,(H,22,23);1H. The first kappa shape index (κ1) is 21.0. The highest BCUT2D eigenvalue weighted by Gasteiger charge is 2.22. The van der Waals surface area contributed by atoms with Crippen LogP contribution < -0.4 is 15.8 Å². The Kier molecular flexibility index (Phi) is 9.03. The van der Waals surface area contributed by atoms with Crippen LogP contribution in [0.5, 0.6) is 5.75 Å². The van der Waals surface area contributed by atoms with Crippen molar-refractivity contribution >= 4 is 24.0 Å². The van der Waals surface area contributed by atoms with Gasteiger partial charge in [0.15, 0.2) is 0 Å². The monoisotopic (exact) mass is 362 g/mol. The van der Waals surface area contributed by atoms with Crippen LogP contribution in [0.25, 0.3) is 0 Å². The highest BCUT2D eigenvalue weighted by molar-refractivity contribution is 5.92. The number of carbonyl (C=O) groups is 1. The number of hydrogen-bond acceptors (Lipinski definition) is 3. The Morgan fingerprint density at radius 1 is 1.08 bits per heavy atom. The molecule has 0 aliphatic heterocycles. The average molecular weight is 363 g/mol. The molecule has 136 valence electrons. The third-order valence-electron chi connectivity index (χ3n) is 3.95. The number of nitrogens with two attached hydrogens (primary N) is 1. The van der Waals surface area contributed by atoms with Gasteiger partial charge in [-0.3, -0.25) is 4.79 Å². The topological polar surface area (TPSA) is 64.3 Å². The van der Waals surface area contributed by atoms with Crippen molar-refractivity contribution < 1.29 is 9.53 Å². The van der Waals surface area contributed by atoms with Gasteiger partial charge in [-0.15, -0.1) is 12.4 Å². The third kappa shape index (κ3) is 6.77. The summed E-state index contributed by atoms with van der Waals surface area (Å²) in [6.45, 7) is 5.13. The van der Waals surface area contributed by atoms with Gasteiger partial charge in [0, 0.05) is 18.2 Å². The molecule has 2 rings (SSSR count). The fourth-order valence-electron chi connectivity index (χ4n) is 2.55. The number of hydrogen-bond donors (Lipinski definition) is 2. The van der Waals surface area contributed by atoms with Crippen molar-refractivity contribution in [3.63, 3.8) is 0 Å². The normalized spacial score (nSPS) is 11.5. The number of benzene rings is 2. The minimum absolute atomic E-state index is 0.